The average molecular weight is 212 g/mol. The lowest BCUT2D eigenvalue weighted by Crippen LogP contribution is -2.29. The van der Waals surface area contributed by atoms with Gasteiger partial charge < -0.3 is 10.6 Å². The van der Waals surface area contributed by atoms with Crippen molar-refractivity contribution in [3.8, 4) is 0 Å². The highest BCUT2D eigenvalue weighted by atomic mass is 32.1. The zero-order valence-corrected chi connectivity index (χ0v) is 8.88. The van der Waals surface area contributed by atoms with Crippen LogP contribution in [0.1, 0.15) is 12.8 Å². The van der Waals surface area contributed by atoms with Crippen LogP contribution in [-0.4, -0.2) is 11.7 Å². The minimum atomic E-state index is 0.741. The first-order chi connectivity index (χ1) is 6.34. The Morgan fingerprint density at radius 2 is 2.46 bits per heavy atom. The highest BCUT2D eigenvalue weighted by Crippen LogP contribution is 2.27. The topological polar surface area (TPSA) is 24.1 Å². The van der Waals surface area contributed by atoms with E-state index in [1.54, 1.807) is 11.3 Å². The zero-order valence-electron chi connectivity index (χ0n) is 7.25. The third-order valence-electron chi connectivity index (χ3n) is 2.03. The molecule has 1 heterocycles. The lowest BCUT2D eigenvalue weighted by molar-refractivity contribution is 0.777. The van der Waals surface area contributed by atoms with Gasteiger partial charge in [-0.3, -0.25) is 0 Å². The monoisotopic (exact) mass is 212 g/mol. The molecule has 70 valence electrons. The van der Waals surface area contributed by atoms with E-state index in [1.165, 1.54) is 12.8 Å². The van der Waals surface area contributed by atoms with E-state index < -0.39 is 0 Å². The summed E-state index contributed by atoms with van der Waals surface area (Å²) in [5.41, 5.74) is 1.08. The van der Waals surface area contributed by atoms with Crippen molar-refractivity contribution in [1.29, 1.82) is 0 Å². The maximum atomic E-state index is 5.13. The van der Waals surface area contributed by atoms with Gasteiger partial charge in [0, 0.05) is 11.9 Å². The molecule has 0 unspecified atom stereocenters. The van der Waals surface area contributed by atoms with Gasteiger partial charge in [-0.2, -0.15) is 11.3 Å². The second-order valence-corrected chi connectivity index (χ2v) is 4.48. The van der Waals surface area contributed by atoms with Gasteiger partial charge in [0.25, 0.3) is 0 Å². The fraction of sp³-hybridized carbons (Fsp3) is 0.444. The van der Waals surface area contributed by atoms with Crippen LogP contribution in [0.5, 0.6) is 0 Å². The Morgan fingerprint density at radius 1 is 1.62 bits per heavy atom. The van der Waals surface area contributed by atoms with Crippen molar-refractivity contribution in [3.05, 3.63) is 16.8 Å². The highest BCUT2D eigenvalue weighted by Gasteiger charge is 2.20. The van der Waals surface area contributed by atoms with Crippen molar-refractivity contribution in [3.63, 3.8) is 0 Å². The molecule has 0 saturated heterocycles. The fourth-order valence-corrected chi connectivity index (χ4v) is 1.86. The van der Waals surface area contributed by atoms with Crippen LogP contribution in [0.3, 0.4) is 0 Å². The molecule has 4 heteroatoms. The van der Waals surface area contributed by atoms with E-state index in [0.717, 1.165) is 23.3 Å². The first-order valence-corrected chi connectivity index (χ1v) is 5.77. The predicted molar refractivity (Wildman–Crippen MR) is 61.3 cm³/mol. The van der Waals surface area contributed by atoms with Crippen LogP contribution >= 0.6 is 23.6 Å². The van der Waals surface area contributed by atoms with Crippen LogP contribution in [0.4, 0.5) is 5.69 Å². The maximum absolute atomic E-state index is 5.13. The third-order valence-corrected chi connectivity index (χ3v) is 2.96. The number of anilines is 1. The number of rotatable bonds is 3. The summed E-state index contributed by atoms with van der Waals surface area (Å²) in [4.78, 5) is 0. The molecule has 1 aromatic heterocycles. The summed E-state index contributed by atoms with van der Waals surface area (Å²) in [5, 5.41) is 11.2. The second-order valence-electron chi connectivity index (χ2n) is 3.29. The van der Waals surface area contributed by atoms with Gasteiger partial charge in [0.15, 0.2) is 5.11 Å². The minimum absolute atomic E-state index is 0.741. The molecule has 0 aliphatic heterocycles. The maximum Gasteiger partial charge on any atom is 0.170 e. The van der Waals surface area contributed by atoms with E-state index in [1.807, 2.05) is 16.8 Å². The average Bonchev–Trinajstić information content (AvgIpc) is 2.82. The SMILES string of the molecule is S=C(NCC1CC1)Nc1ccsc1. The van der Waals surface area contributed by atoms with Crippen molar-refractivity contribution in [2.24, 2.45) is 5.92 Å². The Kier molecular flexibility index (Phi) is 2.80. The van der Waals surface area contributed by atoms with Gasteiger partial charge in [-0.05, 0) is 42.4 Å². The van der Waals surface area contributed by atoms with E-state index in [4.69, 9.17) is 12.2 Å². The molecule has 13 heavy (non-hydrogen) atoms. The quantitative estimate of drug-likeness (QED) is 0.753. The van der Waals surface area contributed by atoms with Crippen molar-refractivity contribution >= 4 is 34.4 Å². The van der Waals surface area contributed by atoms with E-state index in [2.05, 4.69) is 10.6 Å². The molecule has 0 bridgehead atoms. The molecular formula is C9H12N2S2. The van der Waals surface area contributed by atoms with Crippen molar-refractivity contribution in [2.45, 2.75) is 12.8 Å². The molecule has 2 N–H and O–H groups in total. The molecule has 0 atom stereocenters. The molecule has 0 amide bonds. The Hall–Kier alpha value is -0.610. The highest BCUT2D eigenvalue weighted by molar-refractivity contribution is 7.80. The Labute approximate surface area is 87.3 Å². The van der Waals surface area contributed by atoms with Gasteiger partial charge in [-0.1, -0.05) is 0 Å². The minimum Gasteiger partial charge on any atom is -0.362 e. The molecule has 1 fully saturated rings. The number of thiocarbonyl (C=S) groups is 1. The standard InChI is InChI=1S/C9H12N2S2/c12-9(10-5-7-1-2-7)11-8-3-4-13-6-8/h3-4,6-7H,1-2,5H2,(H2,10,11,12). The third kappa shape index (κ3) is 2.97. The number of hydrogen-bond donors (Lipinski definition) is 2. The summed E-state index contributed by atoms with van der Waals surface area (Å²) in [5.74, 6) is 0.863. The smallest absolute Gasteiger partial charge is 0.170 e. The van der Waals surface area contributed by atoms with Gasteiger partial charge in [0.1, 0.15) is 0 Å². The normalized spacial score (nSPS) is 15.4. The summed E-state index contributed by atoms with van der Waals surface area (Å²) in [6, 6.07) is 2.02. The van der Waals surface area contributed by atoms with Gasteiger partial charge in [-0.25, -0.2) is 0 Å². The first-order valence-electron chi connectivity index (χ1n) is 4.41. The number of hydrogen-bond acceptors (Lipinski definition) is 2. The molecule has 1 saturated carbocycles. The van der Waals surface area contributed by atoms with Crippen LogP contribution < -0.4 is 10.6 Å². The summed E-state index contributed by atoms with van der Waals surface area (Å²) >= 11 is 6.80. The first kappa shape index (κ1) is 8.97. The summed E-state index contributed by atoms with van der Waals surface area (Å²) in [7, 11) is 0. The molecule has 2 nitrogen and oxygen atoms in total. The van der Waals surface area contributed by atoms with Crippen LogP contribution in [0.25, 0.3) is 0 Å². The van der Waals surface area contributed by atoms with E-state index in [9.17, 15) is 0 Å². The van der Waals surface area contributed by atoms with Crippen LogP contribution in [0, 0.1) is 5.92 Å². The van der Waals surface area contributed by atoms with Crippen LogP contribution in [0.2, 0.25) is 0 Å². The largest absolute Gasteiger partial charge is 0.362 e. The van der Waals surface area contributed by atoms with Crippen molar-refractivity contribution in [2.75, 3.05) is 11.9 Å². The van der Waals surface area contributed by atoms with E-state index in [0.29, 0.717) is 0 Å². The van der Waals surface area contributed by atoms with Crippen LogP contribution in [0.15, 0.2) is 16.8 Å². The van der Waals surface area contributed by atoms with Crippen molar-refractivity contribution in [1.82, 2.24) is 5.32 Å². The summed E-state index contributed by atoms with van der Waals surface area (Å²) in [6.07, 6.45) is 2.71. The van der Waals surface area contributed by atoms with Gasteiger partial charge in [-0.15, -0.1) is 0 Å². The molecule has 1 aliphatic rings. The molecule has 0 radical (unpaired) electrons. The van der Waals surface area contributed by atoms with Gasteiger partial charge in [0.05, 0.1) is 5.69 Å². The molecule has 1 aromatic rings. The van der Waals surface area contributed by atoms with Crippen LogP contribution in [-0.2, 0) is 0 Å². The second kappa shape index (κ2) is 4.07. The molecule has 0 aromatic carbocycles. The Bertz CT molecular complexity index is 278. The number of thiophene rings is 1. The predicted octanol–water partition coefficient (Wildman–Crippen LogP) is 2.44. The fourth-order valence-electron chi connectivity index (χ4n) is 1.07. The Morgan fingerprint density at radius 3 is 3.08 bits per heavy atom. The lowest BCUT2D eigenvalue weighted by Gasteiger charge is -2.07. The molecule has 1 aliphatic carbocycles. The zero-order chi connectivity index (χ0) is 9.10. The van der Waals surface area contributed by atoms with Crippen molar-refractivity contribution < 1.29 is 0 Å². The summed E-state index contributed by atoms with van der Waals surface area (Å²) in [6.45, 7) is 1.02. The summed E-state index contributed by atoms with van der Waals surface area (Å²) < 4.78 is 0. The molecule has 0 spiro atoms. The Balaban J connectivity index is 1.71. The number of nitrogens with one attached hydrogen (secondary N) is 2. The lowest BCUT2D eigenvalue weighted by atomic mass is 10.4. The van der Waals surface area contributed by atoms with E-state index in [-0.39, 0.29) is 0 Å². The van der Waals surface area contributed by atoms with Gasteiger partial charge in [0.2, 0.25) is 0 Å². The van der Waals surface area contributed by atoms with E-state index >= 15 is 0 Å². The van der Waals surface area contributed by atoms with Gasteiger partial charge >= 0.3 is 0 Å². The molecule has 2 rings (SSSR count). The molecular weight excluding hydrogens is 200 g/mol.